The summed E-state index contributed by atoms with van der Waals surface area (Å²) in [5, 5.41) is 8.89. The van der Waals surface area contributed by atoms with E-state index in [-0.39, 0.29) is 11.3 Å². The summed E-state index contributed by atoms with van der Waals surface area (Å²) in [7, 11) is -4.25. The smallest absolute Gasteiger partial charge is 0.335 e. The summed E-state index contributed by atoms with van der Waals surface area (Å²) in [5.74, 6) is -2.36. The van der Waals surface area contributed by atoms with Gasteiger partial charge in [0.05, 0.1) is 11.3 Å². The van der Waals surface area contributed by atoms with Gasteiger partial charge in [-0.25, -0.2) is 17.6 Å². The number of aromatic carboxylic acids is 1. The zero-order chi connectivity index (χ0) is 16.5. The number of nitrogens with one attached hydrogen (secondary N) is 1. The van der Waals surface area contributed by atoms with Crippen LogP contribution in [0, 0.1) is 12.7 Å². The molecule has 2 rings (SSSR count). The molecule has 2 N–H and O–H groups in total. The Morgan fingerprint density at radius 2 is 1.91 bits per heavy atom. The summed E-state index contributed by atoms with van der Waals surface area (Å²) >= 11 is 3.22. The Morgan fingerprint density at radius 1 is 1.23 bits per heavy atom. The second-order valence-corrected chi connectivity index (χ2v) is 7.08. The number of benzene rings is 2. The van der Waals surface area contributed by atoms with Crippen LogP contribution in [-0.4, -0.2) is 19.5 Å². The van der Waals surface area contributed by atoms with Crippen molar-refractivity contribution in [3.63, 3.8) is 0 Å². The van der Waals surface area contributed by atoms with Gasteiger partial charge in [0.15, 0.2) is 0 Å². The summed E-state index contributed by atoms with van der Waals surface area (Å²) in [6.45, 7) is 1.69. The maximum absolute atomic E-state index is 13.8. The van der Waals surface area contributed by atoms with Crippen LogP contribution in [0.2, 0.25) is 0 Å². The molecule has 0 bridgehead atoms. The van der Waals surface area contributed by atoms with Gasteiger partial charge >= 0.3 is 5.97 Å². The molecule has 0 saturated heterocycles. The molecular weight excluding hydrogens is 377 g/mol. The SMILES string of the molecule is Cc1ccc(Br)cc1NS(=O)(=O)c1cc(C(=O)O)ccc1F. The number of carbonyl (C=O) groups is 1. The highest BCUT2D eigenvalue weighted by Crippen LogP contribution is 2.25. The summed E-state index contributed by atoms with van der Waals surface area (Å²) < 4.78 is 41.3. The Kier molecular flexibility index (Phi) is 4.52. The Balaban J connectivity index is 2.49. The monoisotopic (exact) mass is 387 g/mol. The molecule has 2 aromatic carbocycles. The van der Waals surface area contributed by atoms with Crippen LogP contribution in [0.25, 0.3) is 0 Å². The second kappa shape index (κ2) is 6.05. The van der Waals surface area contributed by atoms with E-state index in [1.54, 1.807) is 19.1 Å². The third kappa shape index (κ3) is 3.45. The van der Waals surface area contributed by atoms with Crippen LogP contribution in [0.15, 0.2) is 45.8 Å². The van der Waals surface area contributed by atoms with Crippen LogP contribution in [0.4, 0.5) is 10.1 Å². The molecule has 0 amide bonds. The third-order valence-corrected chi connectivity index (χ3v) is 4.79. The number of hydrogen-bond acceptors (Lipinski definition) is 3. The maximum Gasteiger partial charge on any atom is 0.335 e. The Hall–Kier alpha value is -1.93. The molecular formula is C14H11BrFNO4S. The van der Waals surface area contributed by atoms with Gasteiger partial charge < -0.3 is 5.11 Å². The molecule has 8 heteroatoms. The number of carboxylic acids is 1. The molecule has 2 aromatic rings. The Bertz CT molecular complexity index is 852. The van der Waals surface area contributed by atoms with Crippen molar-refractivity contribution in [2.75, 3.05) is 4.72 Å². The molecule has 0 aliphatic rings. The van der Waals surface area contributed by atoms with Crippen LogP contribution in [0.5, 0.6) is 0 Å². The molecule has 0 fully saturated rings. The molecule has 22 heavy (non-hydrogen) atoms. The first kappa shape index (κ1) is 16.4. The number of rotatable bonds is 4. The maximum atomic E-state index is 13.8. The van der Waals surface area contributed by atoms with Crippen molar-refractivity contribution in [1.82, 2.24) is 0 Å². The molecule has 0 aromatic heterocycles. The quantitative estimate of drug-likeness (QED) is 0.841. The molecule has 0 saturated carbocycles. The van der Waals surface area contributed by atoms with Gasteiger partial charge in [-0.2, -0.15) is 0 Å². The van der Waals surface area contributed by atoms with Crippen LogP contribution < -0.4 is 4.72 Å². The molecule has 0 radical (unpaired) electrons. The largest absolute Gasteiger partial charge is 0.478 e. The van der Waals surface area contributed by atoms with Crippen LogP contribution in [0.3, 0.4) is 0 Å². The van der Waals surface area contributed by atoms with E-state index >= 15 is 0 Å². The van der Waals surface area contributed by atoms with E-state index in [9.17, 15) is 17.6 Å². The molecule has 116 valence electrons. The fraction of sp³-hybridized carbons (Fsp3) is 0.0714. The molecule has 0 unspecified atom stereocenters. The van der Waals surface area contributed by atoms with E-state index in [0.717, 1.165) is 18.2 Å². The Labute approximate surface area is 135 Å². The van der Waals surface area contributed by atoms with Gasteiger partial charge in [0.2, 0.25) is 0 Å². The summed E-state index contributed by atoms with van der Waals surface area (Å²) in [5.41, 5.74) is 0.601. The average Bonchev–Trinajstić information content (AvgIpc) is 2.42. The summed E-state index contributed by atoms with van der Waals surface area (Å²) in [4.78, 5) is 10.2. The lowest BCUT2D eigenvalue weighted by Gasteiger charge is -2.12. The van der Waals surface area contributed by atoms with Crippen LogP contribution >= 0.6 is 15.9 Å². The molecule has 0 aliphatic heterocycles. The highest BCUT2D eigenvalue weighted by atomic mass is 79.9. The molecule has 0 atom stereocenters. The number of hydrogen-bond donors (Lipinski definition) is 2. The van der Waals surface area contributed by atoms with E-state index in [1.165, 1.54) is 6.07 Å². The van der Waals surface area contributed by atoms with Crippen LogP contribution in [0.1, 0.15) is 15.9 Å². The van der Waals surface area contributed by atoms with Crippen molar-refractivity contribution in [1.29, 1.82) is 0 Å². The topological polar surface area (TPSA) is 83.5 Å². The van der Waals surface area contributed by atoms with Gasteiger partial charge in [-0.05, 0) is 42.8 Å². The van der Waals surface area contributed by atoms with Gasteiger partial charge in [0.1, 0.15) is 10.7 Å². The number of carboxylic acid groups (broad SMARTS) is 1. The molecule has 0 spiro atoms. The second-order valence-electron chi connectivity index (χ2n) is 4.52. The number of anilines is 1. The molecule has 5 nitrogen and oxygen atoms in total. The van der Waals surface area contributed by atoms with Crippen molar-refractivity contribution in [2.24, 2.45) is 0 Å². The van der Waals surface area contributed by atoms with E-state index < -0.39 is 26.7 Å². The Morgan fingerprint density at radius 3 is 2.55 bits per heavy atom. The van der Waals surface area contributed by atoms with E-state index in [1.807, 2.05) is 0 Å². The minimum atomic E-state index is -4.25. The first-order chi connectivity index (χ1) is 10.2. The summed E-state index contributed by atoms with van der Waals surface area (Å²) in [6, 6.07) is 7.55. The third-order valence-electron chi connectivity index (χ3n) is 2.91. The first-order valence-electron chi connectivity index (χ1n) is 6.02. The average molecular weight is 388 g/mol. The van der Waals surface area contributed by atoms with E-state index in [0.29, 0.717) is 10.0 Å². The van der Waals surface area contributed by atoms with Gasteiger partial charge in [-0.3, -0.25) is 4.72 Å². The highest BCUT2D eigenvalue weighted by molar-refractivity contribution is 9.10. The van der Waals surface area contributed by atoms with Gasteiger partial charge in [0.25, 0.3) is 10.0 Å². The number of halogens is 2. The fourth-order valence-electron chi connectivity index (χ4n) is 1.75. The number of sulfonamides is 1. The van der Waals surface area contributed by atoms with Crippen LogP contribution in [-0.2, 0) is 10.0 Å². The van der Waals surface area contributed by atoms with Crippen molar-refractivity contribution in [2.45, 2.75) is 11.8 Å². The van der Waals surface area contributed by atoms with Crippen molar-refractivity contribution < 1.29 is 22.7 Å². The lowest BCUT2D eigenvalue weighted by Crippen LogP contribution is -2.16. The van der Waals surface area contributed by atoms with Gasteiger partial charge in [0, 0.05) is 4.47 Å². The lowest BCUT2D eigenvalue weighted by molar-refractivity contribution is 0.0696. The van der Waals surface area contributed by atoms with Crippen molar-refractivity contribution in [3.05, 3.63) is 57.8 Å². The zero-order valence-electron chi connectivity index (χ0n) is 11.3. The van der Waals surface area contributed by atoms with E-state index in [4.69, 9.17) is 5.11 Å². The fourth-order valence-corrected chi connectivity index (χ4v) is 3.33. The standard InChI is InChI=1S/C14H11BrFNO4S/c1-8-2-4-10(15)7-12(8)17-22(20,21)13-6-9(14(18)19)3-5-11(13)16/h2-7,17H,1H3,(H,18,19). The summed E-state index contributed by atoms with van der Waals surface area (Å²) in [6.07, 6.45) is 0. The minimum Gasteiger partial charge on any atom is -0.478 e. The predicted molar refractivity (Wildman–Crippen MR) is 83.0 cm³/mol. The van der Waals surface area contributed by atoms with E-state index in [2.05, 4.69) is 20.7 Å². The predicted octanol–water partition coefficient (Wildman–Crippen LogP) is 3.40. The lowest BCUT2D eigenvalue weighted by atomic mass is 10.2. The van der Waals surface area contributed by atoms with Crippen molar-refractivity contribution >= 4 is 37.6 Å². The normalized spacial score (nSPS) is 11.2. The molecule has 0 aliphatic carbocycles. The van der Waals surface area contributed by atoms with Gasteiger partial charge in [-0.15, -0.1) is 0 Å². The van der Waals surface area contributed by atoms with Crippen molar-refractivity contribution in [3.8, 4) is 0 Å². The minimum absolute atomic E-state index is 0.273. The van der Waals surface area contributed by atoms with Gasteiger partial charge in [-0.1, -0.05) is 22.0 Å². The zero-order valence-corrected chi connectivity index (χ0v) is 13.7. The first-order valence-corrected chi connectivity index (χ1v) is 8.30. The number of aryl methyl sites for hydroxylation is 1. The highest BCUT2D eigenvalue weighted by Gasteiger charge is 2.22. The molecule has 0 heterocycles.